The van der Waals surface area contributed by atoms with Gasteiger partial charge < -0.3 is 25.2 Å². The number of aliphatic hydroxyl groups excluding tert-OH is 1. The summed E-state index contributed by atoms with van der Waals surface area (Å²) >= 11 is 0. The van der Waals surface area contributed by atoms with E-state index in [-0.39, 0.29) is 19.1 Å². The zero-order chi connectivity index (χ0) is 23.3. The number of aliphatic hydroxyl groups is 1. The van der Waals surface area contributed by atoms with Crippen LogP contribution in [0.25, 0.3) is 11.1 Å². The minimum atomic E-state index is -1.30. The highest BCUT2D eigenvalue weighted by molar-refractivity contribution is 5.89. The van der Waals surface area contributed by atoms with E-state index in [1.807, 2.05) is 48.5 Å². The summed E-state index contributed by atoms with van der Waals surface area (Å²) in [6.07, 6.45) is -0.962. The van der Waals surface area contributed by atoms with Crippen LogP contribution in [0, 0.1) is 0 Å². The number of nitrogens with one attached hydrogen (secondary N) is 1. The average molecular weight is 440 g/mol. The maximum Gasteiger partial charge on any atom is 0.407 e. The summed E-state index contributed by atoms with van der Waals surface area (Å²) < 4.78 is 5.43. The van der Waals surface area contributed by atoms with Crippen LogP contribution >= 0.6 is 0 Å². The Morgan fingerprint density at radius 3 is 2.12 bits per heavy atom. The zero-order valence-electron chi connectivity index (χ0n) is 18.2. The Morgan fingerprint density at radius 2 is 1.62 bits per heavy atom. The van der Waals surface area contributed by atoms with Crippen LogP contribution in [-0.4, -0.2) is 65.4 Å². The summed E-state index contributed by atoms with van der Waals surface area (Å²) in [5.41, 5.74) is 4.28. The number of nitrogens with zero attached hydrogens (tertiary/aromatic N) is 1. The molecule has 0 fully saturated rings. The monoisotopic (exact) mass is 440 g/mol. The fraction of sp³-hybridized carbons (Fsp3) is 0.375. The predicted molar refractivity (Wildman–Crippen MR) is 118 cm³/mol. The highest BCUT2D eigenvalue weighted by Crippen LogP contribution is 2.44. The molecule has 8 heteroatoms. The number of carboxylic acids is 1. The topological polar surface area (TPSA) is 116 Å². The summed E-state index contributed by atoms with van der Waals surface area (Å²) in [7, 11) is 1.47. The fourth-order valence-electron chi connectivity index (χ4n) is 4.11. The lowest BCUT2D eigenvalue weighted by atomic mass is 9.98. The number of carbonyl (C=O) groups is 3. The van der Waals surface area contributed by atoms with Crippen molar-refractivity contribution in [3.63, 3.8) is 0 Å². The first kappa shape index (κ1) is 23.3. The number of fused-ring (bicyclic) bond motifs is 3. The molecular formula is C24H28N2O6. The molecule has 2 aromatic rings. The van der Waals surface area contributed by atoms with Crippen molar-refractivity contribution in [3.8, 4) is 11.1 Å². The third kappa shape index (κ3) is 4.91. The number of alkyl carbamates (subject to hydrolysis) is 1. The molecule has 32 heavy (non-hydrogen) atoms. The minimum absolute atomic E-state index is 0.0535. The molecule has 0 saturated carbocycles. The number of carbonyl (C=O) groups excluding carboxylic acids is 2. The van der Waals surface area contributed by atoms with Crippen LogP contribution < -0.4 is 5.32 Å². The zero-order valence-corrected chi connectivity index (χ0v) is 18.2. The van der Waals surface area contributed by atoms with Gasteiger partial charge in [0.05, 0.1) is 19.1 Å². The molecule has 2 aromatic carbocycles. The molecule has 1 aliphatic carbocycles. The van der Waals surface area contributed by atoms with Crippen LogP contribution in [0.1, 0.15) is 36.8 Å². The van der Waals surface area contributed by atoms with Gasteiger partial charge in [0.1, 0.15) is 12.6 Å². The summed E-state index contributed by atoms with van der Waals surface area (Å²) in [6, 6.07) is 14.0. The highest BCUT2D eigenvalue weighted by atomic mass is 16.5. The average Bonchev–Trinajstić information content (AvgIpc) is 3.11. The normalized spacial score (nSPS) is 14.1. The van der Waals surface area contributed by atoms with E-state index in [1.165, 1.54) is 11.9 Å². The van der Waals surface area contributed by atoms with Crippen molar-refractivity contribution in [2.24, 2.45) is 0 Å². The molecule has 0 aliphatic heterocycles. The molecule has 2 atom stereocenters. The lowest BCUT2D eigenvalue weighted by molar-refractivity contribution is -0.143. The van der Waals surface area contributed by atoms with Crippen molar-refractivity contribution in [3.05, 3.63) is 59.7 Å². The first-order valence-electron chi connectivity index (χ1n) is 10.6. The Balaban J connectivity index is 1.69. The standard InChI is InChI=1S/C24H28N2O6/c1-3-15(13-27)26(2)23(30)21(12-22(28)29)25-24(31)32-14-20-18-10-6-4-8-16(18)17-9-5-7-11-19(17)20/h4-11,15,20-21,27H,3,12-14H2,1-2H3,(H,25,31)(H,28,29). The third-order valence-electron chi connectivity index (χ3n) is 5.89. The molecule has 3 rings (SSSR count). The Hall–Kier alpha value is -3.39. The largest absolute Gasteiger partial charge is 0.481 e. The smallest absolute Gasteiger partial charge is 0.407 e. The van der Waals surface area contributed by atoms with Gasteiger partial charge in [-0.25, -0.2) is 4.79 Å². The van der Waals surface area contributed by atoms with Crippen molar-refractivity contribution in [1.82, 2.24) is 10.2 Å². The van der Waals surface area contributed by atoms with E-state index in [1.54, 1.807) is 6.92 Å². The van der Waals surface area contributed by atoms with Gasteiger partial charge in [-0.2, -0.15) is 0 Å². The number of likely N-dealkylation sites (N-methyl/N-ethyl adjacent to an activating group) is 1. The second-order valence-electron chi connectivity index (χ2n) is 7.81. The lowest BCUT2D eigenvalue weighted by Gasteiger charge is -2.29. The van der Waals surface area contributed by atoms with Crippen molar-refractivity contribution >= 4 is 18.0 Å². The van der Waals surface area contributed by atoms with Crippen LogP contribution in [-0.2, 0) is 14.3 Å². The number of rotatable bonds is 9. The summed E-state index contributed by atoms with van der Waals surface area (Å²) in [5, 5.41) is 21.0. The quantitative estimate of drug-likeness (QED) is 0.552. The number of aliphatic carboxylic acids is 1. The van der Waals surface area contributed by atoms with E-state index in [0.29, 0.717) is 6.42 Å². The number of ether oxygens (including phenoxy) is 1. The van der Waals surface area contributed by atoms with Gasteiger partial charge in [-0.3, -0.25) is 9.59 Å². The molecular weight excluding hydrogens is 412 g/mol. The van der Waals surface area contributed by atoms with Crippen molar-refractivity contribution < 1.29 is 29.3 Å². The molecule has 1 aliphatic rings. The highest BCUT2D eigenvalue weighted by Gasteiger charge is 2.32. The molecule has 2 unspecified atom stereocenters. The van der Waals surface area contributed by atoms with E-state index in [2.05, 4.69) is 5.32 Å². The molecule has 0 radical (unpaired) electrons. The number of hydrogen-bond acceptors (Lipinski definition) is 5. The molecule has 0 bridgehead atoms. The van der Waals surface area contributed by atoms with Gasteiger partial charge in [-0.15, -0.1) is 0 Å². The molecule has 3 N–H and O–H groups in total. The van der Waals surface area contributed by atoms with Gasteiger partial charge in [-0.1, -0.05) is 55.5 Å². The van der Waals surface area contributed by atoms with Crippen LogP contribution in [0.3, 0.4) is 0 Å². The number of hydrogen-bond donors (Lipinski definition) is 3. The van der Waals surface area contributed by atoms with Crippen molar-refractivity contribution in [1.29, 1.82) is 0 Å². The van der Waals surface area contributed by atoms with Gasteiger partial charge >= 0.3 is 12.1 Å². The first-order chi connectivity index (χ1) is 15.4. The van der Waals surface area contributed by atoms with Gasteiger partial charge in [0.15, 0.2) is 0 Å². The summed E-state index contributed by atoms with van der Waals surface area (Å²) in [4.78, 5) is 37.8. The second-order valence-corrected chi connectivity index (χ2v) is 7.81. The van der Waals surface area contributed by atoms with Gasteiger partial charge in [0.2, 0.25) is 5.91 Å². The van der Waals surface area contributed by atoms with Crippen LogP contribution in [0.15, 0.2) is 48.5 Å². The van der Waals surface area contributed by atoms with Crippen molar-refractivity contribution in [2.45, 2.75) is 37.8 Å². The first-order valence-corrected chi connectivity index (χ1v) is 10.6. The van der Waals surface area contributed by atoms with E-state index in [9.17, 15) is 24.6 Å². The molecule has 2 amide bonds. The van der Waals surface area contributed by atoms with E-state index in [0.717, 1.165) is 22.3 Å². The molecule has 8 nitrogen and oxygen atoms in total. The maximum absolute atomic E-state index is 12.7. The van der Waals surface area contributed by atoms with Gasteiger partial charge in [0.25, 0.3) is 0 Å². The van der Waals surface area contributed by atoms with Crippen LogP contribution in [0.4, 0.5) is 4.79 Å². The second kappa shape index (κ2) is 10.3. The Morgan fingerprint density at radius 1 is 1.06 bits per heavy atom. The molecule has 0 spiro atoms. The van der Waals surface area contributed by atoms with Crippen molar-refractivity contribution in [2.75, 3.05) is 20.3 Å². The fourth-order valence-corrected chi connectivity index (χ4v) is 4.11. The molecule has 170 valence electrons. The van der Waals surface area contributed by atoms with Crippen LogP contribution in [0.5, 0.6) is 0 Å². The molecule has 0 aromatic heterocycles. The SMILES string of the molecule is CCC(CO)N(C)C(=O)C(CC(=O)O)NC(=O)OCC1c2ccccc2-c2ccccc21. The van der Waals surface area contributed by atoms with Gasteiger partial charge in [-0.05, 0) is 28.7 Å². The van der Waals surface area contributed by atoms with E-state index < -0.39 is 36.5 Å². The lowest BCUT2D eigenvalue weighted by Crippen LogP contribution is -2.52. The van der Waals surface area contributed by atoms with Gasteiger partial charge in [0, 0.05) is 13.0 Å². The number of carboxylic acid groups (broad SMARTS) is 1. The van der Waals surface area contributed by atoms with E-state index >= 15 is 0 Å². The maximum atomic E-state index is 12.7. The Bertz CT molecular complexity index is 942. The molecule has 0 heterocycles. The number of benzene rings is 2. The number of amides is 2. The predicted octanol–water partition coefficient (Wildman–Crippen LogP) is 2.60. The molecule has 0 saturated heterocycles. The third-order valence-corrected chi connectivity index (χ3v) is 5.89. The minimum Gasteiger partial charge on any atom is -0.481 e. The van der Waals surface area contributed by atoms with Crippen LogP contribution in [0.2, 0.25) is 0 Å². The summed E-state index contributed by atoms with van der Waals surface area (Å²) in [5.74, 6) is -1.97. The van der Waals surface area contributed by atoms with E-state index in [4.69, 9.17) is 4.74 Å². The Labute approximate surface area is 186 Å². The summed E-state index contributed by atoms with van der Waals surface area (Å²) in [6.45, 7) is 1.59. The Kier molecular flexibility index (Phi) is 7.48.